The van der Waals surface area contributed by atoms with Gasteiger partial charge in [-0.2, -0.15) is 0 Å². The Bertz CT molecular complexity index is 1180. The zero-order valence-corrected chi connectivity index (χ0v) is 23.4. The summed E-state index contributed by atoms with van der Waals surface area (Å²) in [5.74, 6) is 0. The van der Waals surface area contributed by atoms with Crippen molar-refractivity contribution in [3.05, 3.63) is 83.4 Å². The van der Waals surface area contributed by atoms with Gasteiger partial charge in [-0.15, -0.1) is 0 Å². The maximum atomic E-state index is 5.91. The monoisotopic (exact) mass is 532 g/mol. The number of anilines is 1. The first-order valence-corrected chi connectivity index (χ1v) is 14.3. The minimum absolute atomic E-state index is 0.0214. The fourth-order valence-corrected chi connectivity index (χ4v) is 6.10. The van der Waals surface area contributed by atoms with Gasteiger partial charge in [0, 0.05) is 62.5 Å². The number of nitrogens with one attached hydrogen (secondary N) is 2. The normalized spacial score (nSPS) is 20.1. The molecular weight excluding hydrogens is 492 g/mol. The average Bonchev–Trinajstić information content (AvgIpc) is 3.43. The molecule has 2 saturated heterocycles. The predicted molar refractivity (Wildman–Crippen MR) is 157 cm³/mol. The van der Waals surface area contributed by atoms with Gasteiger partial charge < -0.3 is 24.8 Å². The fourth-order valence-electron chi connectivity index (χ4n) is 5.77. The van der Waals surface area contributed by atoms with Crippen LogP contribution in [0, 0.1) is 13.8 Å². The van der Waals surface area contributed by atoms with E-state index in [4.69, 9.17) is 21.9 Å². The van der Waals surface area contributed by atoms with Crippen molar-refractivity contribution >= 4 is 23.0 Å². The summed E-state index contributed by atoms with van der Waals surface area (Å²) in [5.41, 5.74) is 6.16. The Morgan fingerprint density at radius 3 is 2.55 bits per heavy atom. The molecule has 2 N–H and O–H groups in total. The van der Waals surface area contributed by atoms with Crippen LogP contribution in [-0.4, -0.2) is 70.4 Å². The minimum atomic E-state index is 0.0214. The molecule has 0 aliphatic carbocycles. The van der Waals surface area contributed by atoms with Crippen molar-refractivity contribution in [3.8, 4) is 0 Å². The molecule has 0 bridgehead atoms. The second-order valence-electron chi connectivity index (χ2n) is 10.3. The Morgan fingerprint density at radius 1 is 1.00 bits per heavy atom. The highest BCUT2D eigenvalue weighted by molar-refractivity contribution is 7.80. The standard InChI is InChI=1S/C30H40N6OS/c1-23-22-26(24(2)35(23)17-9-15-34-18-20-37-21-19-34)29-28(27-12-6-7-13-32-27)33-30(38)36(29)16-8-14-31-25-10-4-3-5-11-25/h3-7,10-13,22,28-29,31H,8-9,14-21H2,1-2H3,(H,33,38)/t28-,29-/m1/s1. The first-order chi connectivity index (χ1) is 18.6. The van der Waals surface area contributed by atoms with E-state index in [-0.39, 0.29) is 12.1 Å². The van der Waals surface area contributed by atoms with E-state index in [9.17, 15) is 0 Å². The Balaban J connectivity index is 1.32. The van der Waals surface area contributed by atoms with Crippen molar-refractivity contribution in [1.82, 2.24) is 24.7 Å². The summed E-state index contributed by atoms with van der Waals surface area (Å²) in [6, 6.07) is 19.0. The number of nitrogens with zero attached hydrogens (tertiary/aromatic N) is 4. The summed E-state index contributed by atoms with van der Waals surface area (Å²) >= 11 is 5.91. The molecule has 3 aromatic rings. The topological polar surface area (TPSA) is 57.6 Å². The van der Waals surface area contributed by atoms with E-state index in [2.05, 4.69) is 81.3 Å². The van der Waals surface area contributed by atoms with Crippen molar-refractivity contribution in [2.24, 2.45) is 0 Å². The molecule has 2 atom stereocenters. The lowest BCUT2D eigenvalue weighted by Crippen LogP contribution is -2.37. The maximum Gasteiger partial charge on any atom is 0.170 e. The molecule has 4 heterocycles. The van der Waals surface area contributed by atoms with E-state index < -0.39 is 0 Å². The Kier molecular flexibility index (Phi) is 8.94. The number of pyridine rings is 1. The average molecular weight is 533 g/mol. The molecule has 0 unspecified atom stereocenters. The van der Waals surface area contributed by atoms with Gasteiger partial charge in [0.1, 0.15) is 0 Å². The Labute approximate surface area is 232 Å². The second kappa shape index (κ2) is 12.7. The van der Waals surface area contributed by atoms with Gasteiger partial charge in [0.15, 0.2) is 5.11 Å². The number of hydrogen-bond acceptors (Lipinski definition) is 5. The van der Waals surface area contributed by atoms with E-state index in [1.165, 1.54) is 17.0 Å². The zero-order chi connectivity index (χ0) is 26.3. The molecule has 0 spiro atoms. The SMILES string of the molecule is Cc1cc([C@@H]2[C@@H](c3ccccn3)NC(=S)N2CCCNc2ccccc2)c(C)n1CCCN1CCOCC1. The highest BCUT2D eigenvalue weighted by atomic mass is 32.1. The summed E-state index contributed by atoms with van der Waals surface area (Å²) in [4.78, 5) is 9.61. The molecule has 0 saturated carbocycles. The summed E-state index contributed by atoms with van der Waals surface area (Å²) in [6.45, 7) is 12.2. The molecule has 8 heteroatoms. The molecule has 2 fully saturated rings. The number of ether oxygens (including phenoxy) is 1. The lowest BCUT2D eigenvalue weighted by molar-refractivity contribution is 0.0369. The van der Waals surface area contributed by atoms with Crippen LogP contribution in [0.2, 0.25) is 0 Å². The van der Waals surface area contributed by atoms with Crippen LogP contribution in [0.3, 0.4) is 0 Å². The van der Waals surface area contributed by atoms with Crippen LogP contribution >= 0.6 is 12.2 Å². The first-order valence-electron chi connectivity index (χ1n) is 13.9. The summed E-state index contributed by atoms with van der Waals surface area (Å²) in [7, 11) is 0. The Morgan fingerprint density at radius 2 is 1.79 bits per heavy atom. The number of benzene rings is 1. The van der Waals surface area contributed by atoms with Crippen molar-refractivity contribution in [3.63, 3.8) is 0 Å². The van der Waals surface area contributed by atoms with Crippen LogP contribution < -0.4 is 10.6 Å². The third-order valence-electron chi connectivity index (χ3n) is 7.77. The highest BCUT2D eigenvalue weighted by Crippen LogP contribution is 2.40. The zero-order valence-electron chi connectivity index (χ0n) is 22.6. The van der Waals surface area contributed by atoms with Gasteiger partial charge in [0.05, 0.1) is 31.0 Å². The predicted octanol–water partition coefficient (Wildman–Crippen LogP) is 4.70. The number of aromatic nitrogens is 2. The quantitative estimate of drug-likeness (QED) is 0.274. The lowest BCUT2D eigenvalue weighted by atomic mass is 9.96. The molecule has 0 amide bonds. The third kappa shape index (κ3) is 6.20. The van der Waals surface area contributed by atoms with Crippen LogP contribution in [0.25, 0.3) is 0 Å². The van der Waals surface area contributed by atoms with Crippen LogP contribution in [0.15, 0.2) is 60.8 Å². The number of aryl methyl sites for hydroxylation is 1. The van der Waals surface area contributed by atoms with Crippen molar-refractivity contribution in [2.75, 3.05) is 51.3 Å². The van der Waals surface area contributed by atoms with Crippen LogP contribution in [0.1, 0.15) is 47.6 Å². The number of morpholine rings is 1. The van der Waals surface area contributed by atoms with Gasteiger partial charge in [-0.05, 0) is 74.8 Å². The summed E-state index contributed by atoms with van der Waals surface area (Å²) < 4.78 is 8.00. The van der Waals surface area contributed by atoms with Crippen molar-refractivity contribution < 1.29 is 4.74 Å². The van der Waals surface area contributed by atoms with E-state index in [0.29, 0.717) is 0 Å². The number of rotatable bonds is 11. The van der Waals surface area contributed by atoms with E-state index in [1.807, 2.05) is 18.3 Å². The fraction of sp³-hybridized carbons (Fsp3) is 0.467. The molecule has 1 aromatic carbocycles. The second-order valence-corrected chi connectivity index (χ2v) is 10.6. The van der Waals surface area contributed by atoms with Gasteiger partial charge >= 0.3 is 0 Å². The van der Waals surface area contributed by atoms with Gasteiger partial charge in [-0.3, -0.25) is 9.88 Å². The molecular formula is C30H40N6OS. The van der Waals surface area contributed by atoms with Crippen LogP contribution in [-0.2, 0) is 11.3 Å². The van der Waals surface area contributed by atoms with Crippen molar-refractivity contribution in [2.45, 2.75) is 45.3 Å². The molecule has 2 aliphatic heterocycles. The summed E-state index contributed by atoms with van der Waals surface area (Å²) in [6.07, 6.45) is 3.99. The van der Waals surface area contributed by atoms with Gasteiger partial charge in [-0.1, -0.05) is 24.3 Å². The number of para-hydroxylation sites is 1. The number of thiocarbonyl (C=S) groups is 1. The van der Waals surface area contributed by atoms with Gasteiger partial charge in [0.2, 0.25) is 0 Å². The molecule has 2 aromatic heterocycles. The number of hydrogen-bond donors (Lipinski definition) is 2. The molecule has 202 valence electrons. The van der Waals surface area contributed by atoms with E-state index >= 15 is 0 Å². The van der Waals surface area contributed by atoms with Gasteiger partial charge in [0.25, 0.3) is 0 Å². The molecule has 38 heavy (non-hydrogen) atoms. The first kappa shape index (κ1) is 26.7. The molecule has 5 rings (SSSR count). The molecule has 2 aliphatic rings. The van der Waals surface area contributed by atoms with Crippen LogP contribution in [0.4, 0.5) is 5.69 Å². The van der Waals surface area contributed by atoms with Gasteiger partial charge in [-0.25, -0.2) is 0 Å². The molecule has 0 radical (unpaired) electrons. The van der Waals surface area contributed by atoms with Crippen molar-refractivity contribution in [1.29, 1.82) is 0 Å². The third-order valence-corrected chi connectivity index (χ3v) is 8.12. The van der Waals surface area contributed by atoms with Crippen LogP contribution in [0.5, 0.6) is 0 Å². The summed E-state index contributed by atoms with van der Waals surface area (Å²) in [5, 5.41) is 7.96. The lowest BCUT2D eigenvalue weighted by Gasteiger charge is -2.28. The highest BCUT2D eigenvalue weighted by Gasteiger charge is 2.41. The maximum absolute atomic E-state index is 5.91. The largest absolute Gasteiger partial charge is 0.385 e. The smallest absolute Gasteiger partial charge is 0.170 e. The van der Waals surface area contributed by atoms with E-state index in [0.717, 1.165) is 81.8 Å². The Hall–Kier alpha value is -2.94. The van der Waals surface area contributed by atoms with E-state index in [1.54, 1.807) is 0 Å². The minimum Gasteiger partial charge on any atom is -0.385 e. The molecule has 7 nitrogen and oxygen atoms in total.